The van der Waals surface area contributed by atoms with Gasteiger partial charge in [-0.05, 0) is 47.6 Å². The Bertz CT molecular complexity index is 854. The summed E-state index contributed by atoms with van der Waals surface area (Å²) in [7, 11) is 0. The molecule has 0 fully saturated rings. The van der Waals surface area contributed by atoms with Gasteiger partial charge in [-0.25, -0.2) is 0 Å². The molecule has 0 amide bonds. The highest BCUT2D eigenvalue weighted by Crippen LogP contribution is 2.29. The summed E-state index contributed by atoms with van der Waals surface area (Å²) < 4.78 is 0. The van der Waals surface area contributed by atoms with Crippen LogP contribution in [0.15, 0.2) is 23.3 Å². The van der Waals surface area contributed by atoms with E-state index in [1.165, 1.54) is 18.2 Å². The van der Waals surface area contributed by atoms with E-state index in [2.05, 4.69) is 35.6 Å². The van der Waals surface area contributed by atoms with Crippen molar-refractivity contribution in [3.8, 4) is 0 Å². The monoisotopic (exact) mass is 425 g/mol. The number of nitrogens with zero attached hydrogens (tertiary/aromatic N) is 7. The molecule has 0 atom stereocenters. The number of rotatable bonds is 11. The molecule has 148 valence electrons. The summed E-state index contributed by atoms with van der Waals surface area (Å²) in [6, 6.07) is 4.31. The molecule has 0 saturated heterocycles. The number of nitro benzene ring substituents is 1. The zero-order chi connectivity index (χ0) is 20.4. The zero-order valence-corrected chi connectivity index (χ0v) is 16.2. The SMILES string of the molecule is [N-]=[N+]=Nc1ccc(NCCCCCCNc2nc(Cl)nc(Cl)n2)c([N+](=O)[O-])c1. The minimum Gasteiger partial charge on any atom is -0.379 e. The number of benzene rings is 1. The number of nitro groups is 1. The molecule has 0 aliphatic carbocycles. The van der Waals surface area contributed by atoms with E-state index in [1.54, 1.807) is 0 Å². The summed E-state index contributed by atoms with van der Waals surface area (Å²) in [4.78, 5) is 24.7. The van der Waals surface area contributed by atoms with Crippen molar-refractivity contribution in [1.82, 2.24) is 15.0 Å². The summed E-state index contributed by atoms with van der Waals surface area (Å²) in [5.41, 5.74) is 8.89. The van der Waals surface area contributed by atoms with Crippen molar-refractivity contribution in [2.24, 2.45) is 5.11 Å². The predicted molar refractivity (Wildman–Crippen MR) is 107 cm³/mol. The van der Waals surface area contributed by atoms with Gasteiger partial charge in [-0.15, -0.1) is 0 Å². The molecule has 2 rings (SSSR count). The number of unbranched alkanes of at least 4 members (excludes halogenated alkanes) is 3. The van der Waals surface area contributed by atoms with Gasteiger partial charge in [-0.2, -0.15) is 15.0 Å². The van der Waals surface area contributed by atoms with Gasteiger partial charge in [-0.1, -0.05) is 24.0 Å². The van der Waals surface area contributed by atoms with E-state index >= 15 is 0 Å². The smallest absolute Gasteiger partial charge is 0.292 e. The first kappa shape index (κ1) is 21.4. The van der Waals surface area contributed by atoms with Crippen LogP contribution in [0.25, 0.3) is 10.4 Å². The number of anilines is 2. The normalized spacial score (nSPS) is 10.2. The highest BCUT2D eigenvalue weighted by Gasteiger charge is 2.13. The van der Waals surface area contributed by atoms with Crippen LogP contribution in [-0.4, -0.2) is 33.0 Å². The molecule has 2 aromatic rings. The molecule has 0 bridgehead atoms. The fourth-order valence-corrected chi connectivity index (χ4v) is 2.73. The minimum atomic E-state index is -0.510. The molecule has 11 nitrogen and oxygen atoms in total. The summed E-state index contributed by atoms with van der Waals surface area (Å²) in [5, 5.41) is 20.7. The number of hydrogen-bond donors (Lipinski definition) is 2. The Morgan fingerprint density at radius 3 is 2.32 bits per heavy atom. The third-order valence-corrected chi connectivity index (χ3v) is 3.96. The molecule has 2 N–H and O–H groups in total. The maximum Gasteiger partial charge on any atom is 0.292 e. The summed E-state index contributed by atoms with van der Waals surface area (Å²) in [5.74, 6) is 0.336. The summed E-state index contributed by atoms with van der Waals surface area (Å²) in [6.07, 6.45) is 3.64. The standard InChI is InChI=1S/C15H17Cl2N9O2/c16-13-21-14(17)23-15(22-13)20-8-4-2-1-3-7-19-11-6-5-10(24-25-18)9-12(11)26(27)28/h5-6,9,19H,1-4,7-8H2,(H,20,21,22,23). The Kier molecular flexibility index (Phi) is 8.47. The van der Waals surface area contributed by atoms with Crippen LogP contribution in [0.1, 0.15) is 25.7 Å². The van der Waals surface area contributed by atoms with Gasteiger partial charge in [0, 0.05) is 29.8 Å². The average molecular weight is 426 g/mol. The van der Waals surface area contributed by atoms with Crippen LogP contribution in [0.2, 0.25) is 10.6 Å². The van der Waals surface area contributed by atoms with Crippen molar-refractivity contribution in [3.63, 3.8) is 0 Å². The molecule has 0 spiro atoms. The molecule has 0 radical (unpaired) electrons. The molecule has 28 heavy (non-hydrogen) atoms. The van der Waals surface area contributed by atoms with E-state index < -0.39 is 4.92 Å². The van der Waals surface area contributed by atoms with Gasteiger partial charge in [0.2, 0.25) is 16.5 Å². The van der Waals surface area contributed by atoms with E-state index in [0.29, 0.717) is 24.7 Å². The number of azide groups is 1. The molecule has 0 aliphatic heterocycles. The van der Waals surface area contributed by atoms with E-state index in [4.69, 9.17) is 28.7 Å². The number of hydrogen-bond acceptors (Lipinski definition) is 8. The molecule has 13 heteroatoms. The lowest BCUT2D eigenvalue weighted by molar-refractivity contribution is -0.383. The number of halogens is 2. The van der Waals surface area contributed by atoms with Crippen molar-refractivity contribution in [2.45, 2.75) is 25.7 Å². The quantitative estimate of drug-likeness (QED) is 0.126. The van der Waals surface area contributed by atoms with E-state index in [0.717, 1.165) is 25.7 Å². The van der Waals surface area contributed by atoms with Crippen LogP contribution in [0.4, 0.5) is 23.0 Å². The molecule has 0 saturated carbocycles. The second-order valence-electron chi connectivity index (χ2n) is 5.61. The predicted octanol–water partition coefficient (Wildman–Crippen LogP) is 5.11. The largest absolute Gasteiger partial charge is 0.379 e. The Labute approximate surface area is 170 Å². The Morgan fingerprint density at radius 2 is 1.71 bits per heavy atom. The van der Waals surface area contributed by atoms with Crippen LogP contribution >= 0.6 is 23.2 Å². The first-order chi connectivity index (χ1) is 13.5. The molecule has 0 unspecified atom stereocenters. The molecule has 0 aliphatic rings. The Balaban J connectivity index is 1.67. The molecular formula is C15H17Cl2N9O2. The van der Waals surface area contributed by atoms with Gasteiger partial charge in [0.1, 0.15) is 5.69 Å². The highest BCUT2D eigenvalue weighted by atomic mass is 35.5. The van der Waals surface area contributed by atoms with Crippen molar-refractivity contribution in [2.75, 3.05) is 23.7 Å². The number of nitrogens with one attached hydrogen (secondary N) is 2. The molecule has 1 aromatic heterocycles. The van der Waals surface area contributed by atoms with Gasteiger partial charge < -0.3 is 10.6 Å². The van der Waals surface area contributed by atoms with Crippen molar-refractivity contribution < 1.29 is 4.92 Å². The highest BCUT2D eigenvalue weighted by molar-refractivity contribution is 6.31. The third-order valence-electron chi connectivity index (χ3n) is 3.62. The summed E-state index contributed by atoms with van der Waals surface area (Å²) in [6.45, 7) is 1.25. The van der Waals surface area contributed by atoms with Gasteiger partial charge in [0.25, 0.3) is 5.69 Å². The first-order valence-electron chi connectivity index (χ1n) is 8.38. The second kappa shape index (κ2) is 11.1. The zero-order valence-electron chi connectivity index (χ0n) is 14.7. The molecule has 1 heterocycles. The lowest BCUT2D eigenvalue weighted by atomic mass is 10.2. The number of aromatic nitrogens is 3. The van der Waals surface area contributed by atoms with Crippen LogP contribution in [0, 0.1) is 10.1 Å². The van der Waals surface area contributed by atoms with Crippen molar-refractivity contribution in [3.05, 3.63) is 49.3 Å². The first-order valence-corrected chi connectivity index (χ1v) is 9.13. The summed E-state index contributed by atoms with van der Waals surface area (Å²) >= 11 is 11.4. The lowest BCUT2D eigenvalue weighted by Crippen LogP contribution is -2.07. The Hall–Kier alpha value is -2.88. The minimum absolute atomic E-state index is 0.0372. The van der Waals surface area contributed by atoms with Crippen LogP contribution in [0.5, 0.6) is 0 Å². The van der Waals surface area contributed by atoms with E-state index in [-0.39, 0.29) is 21.9 Å². The van der Waals surface area contributed by atoms with Crippen molar-refractivity contribution >= 4 is 46.2 Å². The van der Waals surface area contributed by atoms with Gasteiger partial charge >= 0.3 is 0 Å². The van der Waals surface area contributed by atoms with E-state index in [9.17, 15) is 10.1 Å². The van der Waals surface area contributed by atoms with Gasteiger partial charge in [0.05, 0.1) is 4.92 Å². The maximum absolute atomic E-state index is 11.1. The topological polar surface area (TPSA) is 155 Å². The van der Waals surface area contributed by atoms with Crippen molar-refractivity contribution in [1.29, 1.82) is 0 Å². The molecule has 1 aromatic carbocycles. The van der Waals surface area contributed by atoms with Crippen LogP contribution in [-0.2, 0) is 0 Å². The molecular weight excluding hydrogens is 409 g/mol. The fraction of sp³-hybridized carbons (Fsp3) is 0.400. The van der Waals surface area contributed by atoms with Crippen LogP contribution in [0.3, 0.4) is 0 Å². The lowest BCUT2D eigenvalue weighted by Gasteiger charge is -2.08. The van der Waals surface area contributed by atoms with Gasteiger partial charge in [-0.3, -0.25) is 10.1 Å². The van der Waals surface area contributed by atoms with Crippen LogP contribution < -0.4 is 10.6 Å². The average Bonchev–Trinajstić information content (AvgIpc) is 2.64. The Morgan fingerprint density at radius 1 is 1.07 bits per heavy atom. The van der Waals surface area contributed by atoms with E-state index in [1.807, 2.05) is 0 Å². The fourth-order valence-electron chi connectivity index (χ4n) is 2.37. The second-order valence-corrected chi connectivity index (χ2v) is 6.29. The third kappa shape index (κ3) is 7.03. The maximum atomic E-state index is 11.1. The van der Waals surface area contributed by atoms with Gasteiger partial charge in [0.15, 0.2) is 0 Å².